The van der Waals surface area contributed by atoms with Gasteiger partial charge in [-0.25, -0.2) is 9.78 Å². The second-order valence-electron chi connectivity index (χ2n) is 6.36. The van der Waals surface area contributed by atoms with Crippen LogP contribution in [0.25, 0.3) is 5.65 Å². The van der Waals surface area contributed by atoms with Crippen LogP contribution in [0.5, 0.6) is 5.75 Å². The number of nitrogens with zero attached hydrogens (tertiary/aromatic N) is 4. The van der Waals surface area contributed by atoms with E-state index in [1.165, 1.54) is 6.20 Å². The molecule has 0 unspecified atom stereocenters. The van der Waals surface area contributed by atoms with Gasteiger partial charge in [0.15, 0.2) is 5.69 Å². The average molecular weight is 340 g/mol. The van der Waals surface area contributed by atoms with Crippen LogP contribution >= 0.6 is 0 Å². The second-order valence-corrected chi connectivity index (χ2v) is 6.36. The van der Waals surface area contributed by atoms with Crippen molar-refractivity contribution < 1.29 is 34.9 Å². The third kappa shape index (κ3) is 4.76. The zero-order chi connectivity index (χ0) is 17.1. The molecule has 0 saturated carbocycles. The molecule has 0 aromatic carbocycles. The average Bonchev–Trinajstić information content (AvgIpc) is 2.99. The molecule has 132 valence electrons. The zero-order valence-corrected chi connectivity index (χ0v) is 15.2. The smallest absolute Gasteiger partial charge is 1.00 e. The van der Waals surface area contributed by atoms with Crippen molar-refractivity contribution in [3.63, 3.8) is 0 Å². The molecular formula is C17H25LiN4O3. The Kier molecular flexibility index (Phi) is 6.91. The summed E-state index contributed by atoms with van der Waals surface area (Å²) >= 11 is 0. The van der Waals surface area contributed by atoms with Gasteiger partial charge < -0.3 is 11.3 Å². The molecule has 0 radical (unpaired) electrons. The number of carboxylic acids is 1. The number of ether oxygens (including phenoxy) is 1. The van der Waals surface area contributed by atoms with Gasteiger partial charge in [-0.2, -0.15) is 0 Å². The van der Waals surface area contributed by atoms with E-state index in [0.29, 0.717) is 24.0 Å². The predicted octanol–water partition coefficient (Wildman–Crippen LogP) is -1.45. The summed E-state index contributed by atoms with van der Waals surface area (Å²) in [6.07, 6.45) is 3.04. The molecule has 7 nitrogen and oxygen atoms in total. The number of piperazine rings is 1. The quantitative estimate of drug-likeness (QED) is 0.649. The minimum Gasteiger partial charge on any atom is -1.00 e. The fraction of sp³-hybridized carbons (Fsp3) is 0.529. The van der Waals surface area contributed by atoms with Crippen LogP contribution in [0.15, 0.2) is 24.5 Å². The Labute approximate surface area is 161 Å². The number of carboxylic acid groups (broad SMARTS) is 1. The molecular weight excluding hydrogens is 315 g/mol. The van der Waals surface area contributed by atoms with Crippen LogP contribution in [-0.4, -0.2) is 75.6 Å². The molecule has 25 heavy (non-hydrogen) atoms. The van der Waals surface area contributed by atoms with Gasteiger partial charge in [-0.1, -0.05) is 0 Å². The van der Waals surface area contributed by atoms with Crippen LogP contribution < -0.4 is 23.6 Å². The van der Waals surface area contributed by atoms with Crippen molar-refractivity contribution in [2.24, 2.45) is 0 Å². The van der Waals surface area contributed by atoms with Crippen LogP contribution in [-0.2, 0) is 0 Å². The molecule has 2 aromatic heterocycles. The first-order chi connectivity index (χ1) is 11.5. The molecule has 8 heteroatoms. The maximum Gasteiger partial charge on any atom is 1.00 e. The van der Waals surface area contributed by atoms with Crippen molar-refractivity contribution >= 4 is 11.6 Å². The number of hydrogen-bond donors (Lipinski definition) is 1. The van der Waals surface area contributed by atoms with E-state index in [1.54, 1.807) is 22.7 Å². The number of aromatic nitrogens is 2. The summed E-state index contributed by atoms with van der Waals surface area (Å²) in [5.41, 5.74) is 0.732. The summed E-state index contributed by atoms with van der Waals surface area (Å²) in [6.45, 7) is 10.3. The van der Waals surface area contributed by atoms with Gasteiger partial charge in [-0.15, -0.1) is 0 Å². The van der Waals surface area contributed by atoms with Crippen molar-refractivity contribution in [3.8, 4) is 5.75 Å². The Hall–Kier alpha value is -1.52. The van der Waals surface area contributed by atoms with Crippen molar-refractivity contribution in [1.82, 2.24) is 19.2 Å². The van der Waals surface area contributed by atoms with Crippen LogP contribution in [0, 0.1) is 0 Å². The summed E-state index contributed by atoms with van der Waals surface area (Å²) in [4.78, 5) is 20.1. The van der Waals surface area contributed by atoms with E-state index in [4.69, 9.17) is 9.84 Å². The van der Waals surface area contributed by atoms with Gasteiger partial charge >= 0.3 is 24.8 Å². The van der Waals surface area contributed by atoms with Crippen molar-refractivity contribution in [2.45, 2.75) is 19.9 Å². The van der Waals surface area contributed by atoms with Gasteiger partial charge in [-0.05, 0) is 19.9 Å². The largest absolute Gasteiger partial charge is 1.00 e. The summed E-state index contributed by atoms with van der Waals surface area (Å²) in [7, 11) is 0. The van der Waals surface area contributed by atoms with Crippen LogP contribution in [0.2, 0.25) is 0 Å². The fourth-order valence-corrected chi connectivity index (χ4v) is 3.01. The first kappa shape index (κ1) is 19.8. The monoisotopic (exact) mass is 340 g/mol. The number of hydrogen-bond acceptors (Lipinski definition) is 5. The number of carbonyl (C=O) groups is 1. The summed E-state index contributed by atoms with van der Waals surface area (Å²) < 4.78 is 7.35. The maximum absolute atomic E-state index is 11.1. The minimum atomic E-state index is -0.989. The van der Waals surface area contributed by atoms with E-state index in [-0.39, 0.29) is 26.0 Å². The third-order valence-electron chi connectivity index (χ3n) is 4.52. The summed E-state index contributed by atoms with van der Waals surface area (Å²) in [5.74, 6) is -0.275. The number of rotatable bonds is 6. The fourth-order valence-electron chi connectivity index (χ4n) is 3.01. The maximum atomic E-state index is 11.1. The summed E-state index contributed by atoms with van der Waals surface area (Å²) in [6, 6.07) is 4.15. The molecule has 0 aliphatic carbocycles. The molecule has 0 spiro atoms. The van der Waals surface area contributed by atoms with Crippen molar-refractivity contribution in [2.75, 3.05) is 39.3 Å². The number of imidazole rings is 1. The van der Waals surface area contributed by atoms with Gasteiger partial charge in [0.25, 0.3) is 0 Å². The SMILES string of the molecule is CC(C)N1CCN(CCOc2ccn3c(C(=O)O)cnc3c2)CC1.[H-].[Li+]. The van der Waals surface area contributed by atoms with E-state index in [1.807, 2.05) is 0 Å². The van der Waals surface area contributed by atoms with Gasteiger partial charge in [0.2, 0.25) is 0 Å². The van der Waals surface area contributed by atoms with Crippen LogP contribution in [0.3, 0.4) is 0 Å². The van der Waals surface area contributed by atoms with Crippen LogP contribution in [0.1, 0.15) is 25.8 Å². The minimum absolute atomic E-state index is 0. The molecule has 1 fully saturated rings. The Balaban J connectivity index is 0.00000169. The Morgan fingerprint density at radius 1 is 1.36 bits per heavy atom. The number of aromatic carboxylic acids is 1. The normalized spacial score (nSPS) is 16.1. The molecule has 0 amide bonds. The Morgan fingerprint density at radius 2 is 2.08 bits per heavy atom. The third-order valence-corrected chi connectivity index (χ3v) is 4.52. The van der Waals surface area contributed by atoms with E-state index < -0.39 is 5.97 Å². The molecule has 1 aliphatic rings. The number of pyridine rings is 1. The van der Waals surface area contributed by atoms with Gasteiger partial charge in [0.05, 0.1) is 6.20 Å². The zero-order valence-electron chi connectivity index (χ0n) is 16.2. The first-order valence-corrected chi connectivity index (χ1v) is 8.34. The van der Waals surface area contributed by atoms with E-state index in [9.17, 15) is 4.79 Å². The molecule has 3 heterocycles. The van der Waals surface area contributed by atoms with Crippen LogP contribution in [0.4, 0.5) is 0 Å². The molecule has 1 saturated heterocycles. The standard InChI is InChI=1S/C17H24N4O3.Li.H/c1-13(2)20-7-5-19(6-8-20)9-10-24-14-3-4-21-15(17(22)23)12-18-16(21)11-14;;/h3-4,11-13H,5-10H2,1-2H3,(H,22,23);;/q;+1;-1. The molecule has 1 aliphatic heterocycles. The Bertz CT molecular complexity index is 717. The predicted molar refractivity (Wildman–Crippen MR) is 91.9 cm³/mol. The van der Waals surface area contributed by atoms with Crippen molar-refractivity contribution in [1.29, 1.82) is 0 Å². The second kappa shape index (κ2) is 8.72. The Morgan fingerprint density at radius 3 is 2.72 bits per heavy atom. The van der Waals surface area contributed by atoms with Gasteiger partial charge in [-0.3, -0.25) is 14.2 Å². The van der Waals surface area contributed by atoms with E-state index in [0.717, 1.165) is 32.7 Å². The van der Waals surface area contributed by atoms with Crippen molar-refractivity contribution in [3.05, 3.63) is 30.2 Å². The molecule has 0 bridgehead atoms. The molecule has 3 rings (SSSR count). The topological polar surface area (TPSA) is 70.3 Å². The summed E-state index contributed by atoms with van der Waals surface area (Å²) in [5, 5.41) is 9.08. The van der Waals surface area contributed by atoms with E-state index >= 15 is 0 Å². The van der Waals surface area contributed by atoms with Gasteiger partial charge in [0, 0.05) is 51.0 Å². The molecule has 0 atom stereocenters. The first-order valence-electron chi connectivity index (χ1n) is 8.34. The number of fused-ring (bicyclic) bond motifs is 1. The van der Waals surface area contributed by atoms with E-state index in [2.05, 4.69) is 28.6 Å². The molecule has 1 N–H and O–H groups in total. The van der Waals surface area contributed by atoms with Gasteiger partial charge in [0.1, 0.15) is 18.0 Å². The molecule has 2 aromatic rings.